The molecule has 0 radical (unpaired) electrons. The number of likely N-dealkylation sites (tertiary alicyclic amines) is 1. The molecule has 2 aliphatic heterocycles. The van der Waals surface area contributed by atoms with Crippen LogP contribution in [0, 0.1) is 0 Å². The Kier molecular flexibility index (Phi) is 6.79. The maximum atomic E-state index is 12.1. The quantitative estimate of drug-likeness (QED) is 0.580. The van der Waals surface area contributed by atoms with E-state index in [1.165, 1.54) is 6.42 Å². The molecule has 2 rings (SSSR count). The Balaban J connectivity index is 1.76. The van der Waals surface area contributed by atoms with Crippen molar-refractivity contribution in [2.75, 3.05) is 39.3 Å². The monoisotopic (exact) mass is 296 g/mol. The summed E-state index contributed by atoms with van der Waals surface area (Å²) in [5.41, 5.74) is 0. The molecule has 2 saturated heterocycles. The van der Waals surface area contributed by atoms with E-state index in [0.717, 1.165) is 58.5 Å². The van der Waals surface area contributed by atoms with Crippen LogP contribution in [0.2, 0.25) is 0 Å². The van der Waals surface area contributed by atoms with Crippen LogP contribution in [0.3, 0.4) is 0 Å². The molecule has 120 valence electrons. The van der Waals surface area contributed by atoms with E-state index in [9.17, 15) is 4.79 Å². The second kappa shape index (κ2) is 8.87. The Labute approximate surface area is 127 Å². The average molecular weight is 296 g/mol. The van der Waals surface area contributed by atoms with E-state index >= 15 is 0 Å². The van der Waals surface area contributed by atoms with Gasteiger partial charge in [-0.2, -0.15) is 0 Å². The number of aliphatic imine (C=N–C) groups is 1. The van der Waals surface area contributed by atoms with Gasteiger partial charge in [0.1, 0.15) is 6.54 Å². The largest absolute Gasteiger partial charge is 0.376 e. The molecule has 0 aromatic heterocycles. The van der Waals surface area contributed by atoms with Gasteiger partial charge in [-0.3, -0.25) is 4.79 Å². The van der Waals surface area contributed by atoms with E-state index in [-0.39, 0.29) is 18.6 Å². The lowest BCUT2D eigenvalue weighted by Crippen LogP contribution is -2.42. The minimum absolute atomic E-state index is 0.129. The van der Waals surface area contributed by atoms with Crippen LogP contribution in [-0.2, 0) is 9.53 Å². The zero-order chi connectivity index (χ0) is 14.9. The van der Waals surface area contributed by atoms with Crippen molar-refractivity contribution in [3.8, 4) is 0 Å². The first kappa shape index (κ1) is 16.1. The lowest BCUT2D eigenvalue weighted by molar-refractivity contribution is -0.130. The van der Waals surface area contributed by atoms with Crippen molar-refractivity contribution in [2.24, 2.45) is 4.99 Å². The van der Waals surface area contributed by atoms with Crippen LogP contribution in [0.4, 0.5) is 0 Å². The van der Waals surface area contributed by atoms with Gasteiger partial charge >= 0.3 is 0 Å². The van der Waals surface area contributed by atoms with E-state index in [1.54, 1.807) is 0 Å². The van der Waals surface area contributed by atoms with Crippen LogP contribution < -0.4 is 10.6 Å². The van der Waals surface area contributed by atoms with E-state index in [2.05, 4.69) is 15.6 Å². The highest BCUT2D eigenvalue weighted by Crippen LogP contribution is 2.10. The summed E-state index contributed by atoms with van der Waals surface area (Å²) in [6.07, 6.45) is 5.97. The fourth-order valence-electron chi connectivity index (χ4n) is 2.75. The Morgan fingerprint density at radius 2 is 2.05 bits per heavy atom. The molecule has 1 amide bonds. The van der Waals surface area contributed by atoms with Gasteiger partial charge in [-0.05, 0) is 39.0 Å². The molecule has 0 spiro atoms. The predicted molar refractivity (Wildman–Crippen MR) is 83.4 cm³/mol. The van der Waals surface area contributed by atoms with Gasteiger partial charge < -0.3 is 20.3 Å². The van der Waals surface area contributed by atoms with Crippen LogP contribution in [0.25, 0.3) is 0 Å². The Morgan fingerprint density at radius 1 is 1.24 bits per heavy atom. The Hall–Kier alpha value is -1.30. The number of carbonyl (C=O) groups excluding carboxylic acids is 1. The molecule has 1 atom stereocenters. The summed E-state index contributed by atoms with van der Waals surface area (Å²) in [5.74, 6) is 0.836. The summed E-state index contributed by atoms with van der Waals surface area (Å²) in [6, 6.07) is 0. The zero-order valence-corrected chi connectivity index (χ0v) is 13.1. The van der Waals surface area contributed by atoms with Crippen molar-refractivity contribution >= 4 is 11.9 Å². The normalized spacial score (nSPS) is 23.2. The van der Waals surface area contributed by atoms with E-state index < -0.39 is 0 Å². The predicted octanol–water partition coefficient (Wildman–Crippen LogP) is 0.733. The van der Waals surface area contributed by atoms with Gasteiger partial charge in [0.05, 0.1) is 6.10 Å². The highest BCUT2D eigenvalue weighted by molar-refractivity contribution is 5.85. The average Bonchev–Trinajstić information content (AvgIpc) is 3.04. The van der Waals surface area contributed by atoms with Gasteiger partial charge in [0, 0.05) is 32.8 Å². The number of guanidine groups is 1. The summed E-state index contributed by atoms with van der Waals surface area (Å²) in [5, 5.41) is 6.44. The molecule has 2 aliphatic rings. The molecular formula is C15H28N4O2. The molecule has 0 aromatic rings. The topological polar surface area (TPSA) is 66.0 Å². The van der Waals surface area contributed by atoms with Crippen molar-refractivity contribution in [1.29, 1.82) is 0 Å². The standard InChI is InChI=1S/C15H28N4O2/c1-2-16-15(17-11-13-7-6-10-21-13)18-12-14(20)19-8-4-3-5-9-19/h13H,2-12H2,1H3,(H2,16,17,18). The third kappa shape index (κ3) is 5.53. The smallest absolute Gasteiger partial charge is 0.244 e. The van der Waals surface area contributed by atoms with Crippen molar-refractivity contribution < 1.29 is 9.53 Å². The first-order valence-corrected chi connectivity index (χ1v) is 8.21. The Bertz CT molecular complexity index is 348. The summed E-state index contributed by atoms with van der Waals surface area (Å²) in [6.45, 7) is 6.41. The second-order valence-electron chi connectivity index (χ2n) is 5.65. The maximum Gasteiger partial charge on any atom is 0.244 e. The number of rotatable bonds is 5. The van der Waals surface area contributed by atoms with Gasteiger partial charge in [-0.15, -0.1) is 0 Å². The molecule has 2 N–H and O–H groups in total. The van der Waals surface area contributed by atoms with Crippen molar-refractivity contribution in [3.63, 3.8) is 0 Å². The first-order valence-electron chi connectivity index (χ1n) is 8.21. The van der Waals surface area contributed by atoms with Crippen molar-refractivity contribution in [2.45, 2.75) is 45.1 Å². The molecule has 6 heteroatoms. The van der Waals surface area contributed by atoms with Gasteiger partial charge in [0.2, 0.25) is 5.91 Å². The number of ether oxygens (including phenoxy) is 1. The van der Waals surface area contributed by atoms with Crippen molar-refractivity contribution in [1.82, 2.24) is 15.5 Å². The van der Waals surface area contributed by atoms with E-state index in [4.69, 9.17) is 4.74 Å². The molecule has 6 nitrogen and oxygen atoms in total. The molecule has 0 saturated carbocycles. The van der Waals surface area contributed by atoms with Gasteiger partial charge in [-0.25, -0.2) is 4.99 Å². The highest BCUT2D eigenvalue weighted by Gasteiger charge is 2.17. The van der Waals surface area contributed by atoms with Crippen molar-refractivity contribution in [3.05, 3.63) is 0 Å². The summed E-state index contributed by atoms with van der Waals surface area (Å²) < 4.78 is 5.58. The number of carbonyl (C=O) groups is 1. The lowest BCUT2D eigenvalue weighted by Gasteiger charge is -2.26. The summed E-state index contributed by atoms with van der Waals surface area (Å²) in [7, 11) is 0. The number of piperidine rings is 1. The number of hydrogen-bond donors (Lipinski definition) is 2. The fourth-order valence-corrected chi connectivity index (χ4v) is 2.75. The SMILES string of the molecule is CCNC(=NCC(=O)N1CCCCC1)NCC1CCCO1. The Morgan fingerprint density at radius 3 is 2.71 bits per heavy atom. The number of amides is 1. The first-order chi connectivity index (χ1) is 10.3. The summed E-state index contributed by atoms with van der Waals surface area (Å²) in [4.78, 5) is 18.4. The minimum Gasteiger partial charge on any atom is -0.376 e. The molecule has 0 aromatic carbocycles. The van der Waals surface area contributed by atoms with E-state index in [1.807, 2.05) is 11.8 Å². The number of hydrogen-bond acceptors (Lipinski definition) is 3. The van der Waals surface area contributed by atoms with Crippen LogP contribution in [0.1, 0.15) is 39.0 Å². The molecule has 21 heavy (non-hydrogen) atoms. The molecule has 2 heterocycles. The second-order valence-corrected chi connectivity index (χ2v) is 5.65. The fraction of sp³-hybridized carbons (Fsp3) is 0.867. The third-order valence-corrected chi connectivity index (χ3v) is 3.95. The molecule has 1 unspecified atom stereocenters. The lowest BCUT2D eigenvalue weighted by atomic mass is 10.1. The number of nitrogens with one attached hydrogen (secondary N) is 2. The number of nitrogens with zero attached hydrogens (tertiary/aromatic N) is 2. The molecule has 2 fully saturated rings. The van der Waals surface area contributed by atoms with Gasteiger partial charge in [0.15, 0.2) is 5.96 Å². The van der Waals surface area contributed by atoms with Gasteiger partial charge in [-0.1, -0.05) is 0 Å². The molecular weight excluding hydrogens is 268 g/mol. The van der Waals surface area contributed by atoms with Crippen LogP contribution in [-0.4, -0.2) is 62.2 Å². The van der Waals surface area contributed by atoms with Crippen LogP contribution in [0.5, 0.6) is 0 Å². The molecule has 0 bridgehead atoms. The zero-order valence-electron chi connectivity index (χ0n) is 13.1. The van der Waals surface area contributed by atoms with Crippen LogP contribution in [0.15, 0.2) is 4.99 Å². The van der Waals surface area contributed by atoms with Crippen LogP contribution >= 0.6 is 0 Å². The van der Waals surface area contributed by atoms with E-state index in [0.29, 0.717) is 5.96 Å². The maximum absolute atomic E-state index is 12.1. The third-order valence-electron chi connectivity index (χ3n) is 3.95. The summed E-state index contributed by atoms with van der Waals surface area (Å²) >= 11 is 0. The minimum atomic E-state index is 0.129. The van der Waals surface area contributed by atoms with Gasteiger partial charge in [0.25, 0.3) is 0 Å². The highest BCUT2D eigenvalue weighted by atomic mass is 16.5. The molecule has 0 aliphatic carbocycles.